The minimum Gasteiger partial charge on any atom is -0.378 e. The fourth-order valence-electron chi connectivity index (χ4n) is 3.45. The standard InChI is InChI=1S/C25H25N5O/c1-16-8-9-20(29-25(31)17-6-5-7-21(11-17)30(3)4)12-22(16)18-10-19-15-28-24(26-2)13-23(19)27-14-18/h5-15H,1-4H3,(H,26,28)(H,29,31). The maximum atomic E-state index is 12.8. The first-order valence-corrected chi connectivity index (χ1v) is 10.1. The zero-order valence-electron chi connectivity index (χ0n) is 18.1. The maximum Gasteiger partial charge on any atom is 0.255 e. The maximum absolute atomic E-state index is 12.8. The number of hydrogen-bond donors (Lipinski definition) is 2. The van der Waals surface area contributed by atoms with Crippen molar-refractivity contribution >= 4 is 34.0 Å². The average molecular weight is 412 g/mol. The van der Waals surface area contributed by atoms with Crippen LogP contribution in [0, 0.1) is 6.92 Å². The minimum absolute atomic E-state index is 0.140. The summed E-state index contributed by atoms with van der Waals surface area (Å²) in [6.07, 6.45) is 3.67. The Kier molecular flexibility index (Phi) is 5.54. The number of nitrogens with zero attached hydrogens (tertiary/aromatic N) is 3. The number of hydrogen-bond acceptors (Lipinski definition) is 5. The van der Waals surface area contributed by atoms with Crippen molar-refractivity contribution in [2.45, 2.75) is 6.92 Å². The van der Waals surface area contributed by atoms with Crippen molar-refractivity contribution in [2.24, 2.45) is 0 Å². The van der Waals surface area contributed by atoms with E-state index in [0.29, 0.717) is 5.56 Å². The van der Waals surface area contributed by atoms with Gasteiger partial charge in [-0.1, -0.05) is 12.1 Å². The SMILES string of the molecule is CNc1cc2ncc(-c3cc(NC(=O)c4cccc(N(C)C)c4)ccc3C)cc2cn1. The molecule has 0 aliphatic rings. The first kappa shape index (κ1) is 20.3. The summed E-state index contributed by atoms with van der Waals surface area (Å²) in [7, 11) is 5.74. The molecule has 0 spiro atoms. The third-order valence-corrected chi connectivity index (χ3v) is 5.25. The Hall–Kier alpha value is -3.93. The molecule has 0 fully saturated rings. The molecule has 0 atom stereocenters. The van der Waals surface area contributed by atoms with Crippen LogP contribution in [0.25, 0.3) is 22.0 Å². The highest BCUT2D eigenvalue weighted by Gasteiger charge is 2.11. The fraction of sp³-hybridized carbons (Fsp3) is 0.160. The van der Waals surface area contributed by atoms with Crippen LogP contribution in [0.15, 0.2) is 67.0 Å². The second-order valence-electron chi connectivity index (χ2n) is 7.66. The molecule has 0 bridgehead atoms. The van der Waals surface area contributed by atoms with Crippen molar-refractivity contribution in [3.05, 3.63) is 78.1 Å². The van der Waals surface area contributed by atoms with Gasteiger partial charge in [0.05, 0.1) is 5.52 Å². The summed E-state index contributed by atoms with van der Waals surface area (Å²) >= 11 is 0. The van der Waals surface area contributed by atoms with Gasteiger partial charge in [0.1, 0.15) is 5.82 Å². The predicted octanol–water partition coefficient (Wildman–Crippen LogP) is 4.97. The van der Waals surface area contributed by atoms with Gasteiger partial charge in [-0.05, 0) is 54.4 Å². The number of fused-ring (bicyclic) bond motifs is 1. The quantitative estimate of drug-likeness (QED) is 0.485. The minimum atomic E-state index is -0.140. The summed E-state index contributed by atoms with van der Waals surface area (Å²) < 4.78 is 0. The summed E-state index contributed by atoms with van der Waals surface area (Å²) in [6.45, 7) is 2.05. The molecule has 0 saturated heterocycles. The highest BCUT2D eigenvalue weighted by molar-refractivity contribution is 6.05. The van der Waals surface area contributed by atoms with Crippen LogP contribution in [-0.4, -0.2) is 37.0 Å². The topological polar surface area (TPSA) is 70.2 Å². The van der Waals surface area contributed by atoms with Gasteiger partial charge in [0.2, 0.25) is 0 Å². The van der Waals surface area contributed by atoms with E-state index in [4.69, 9.17) is 0 Å². The zero-order chi connectivity index (χ0) is 22.0. The van der Waals surface area contributed by atoms with Crippen LogP contribution < -0.4 is 15.5 Å². The molecule has 0 unspecified atom stereocenters. The van der Waals surface area contributed by atoms with E-state index < -0.39 is 0 Å². The number of pyridine rings is 2. The highest BCUT2D eigenvalue weighted by Crippen LogP contribution is 2.29. The fourth-order valence-corrected chi connectivity index (χ4v) is 3.45. The van der Waals surface area contributed by atoms with Crippen molar-refractivity contribution in [2.75, 3.05) is 36.7 Å². The number of carbonyl (C=O) groups excluding carboxylic acids is 1. The normalized spacial score (nSPS) is 10.7. The van der Waals surface area contributed by atoms with Crippen molar-refractivity contribution in [3.8, 4) is 11.1 Å². The summed E-state index contributed by atoms with van der Waals surface area (Å²) in [5.74, 6) is 0.644. The van der Waals surface area contributed by atoms with Crippen LogP contribution in [0.3, 0.4) is 0 Å². The Morgan fingerprint density at radius 3 is 2.58 bits per heavy atom. The Balaban J connectivity index is 1.63. The van der Waals surface area contributed by atoms with Crippen LogP contribution in [0.2, 0.25) is 0 Å². The van der Waals surface area contributed by atoms with E-state index in [1.165, 1.54) is 0 Å². The van der Waals surface area contributed by atoms with E-state index >= 15 is 0 Å². The number of benzene rings is 2. The largest absolute Gasteiger partial charge is 0.378 e. The van der Waals surface area contributed by atoms with Gasteiger partial charge in [-0.3, -0.25) is 9.78 Å². The molecule has 0 saturated carbocycles. The number of nitrogens with one attached hydrogen (secondary N) is 2. The lowest BCUT2D eigenvalue weighted by molar-refractivity contribution is 0.102. The number of anilines is 3. The van der Waals surface area contributed by atoms with E-state index in [9.17, 15) is 4.79 Å². The van der Waals surface area contributed by atoms with Gasteiger partial charge >= 0.3 is 0 Å². The lowest BCUT2D eigenvalue weighted by Crippen LogP contribution is -2.14. The lowest BCUT2D eigenvalue weighted by Gasteiger charge is -2.14. The molecule has 1 amide bonds. The molecule has 31 heavy (non-hydrogen) atoms. The second kappa shape index (κ2) is 8.44. The molecular formula is C25H25N5O. The first-order valence-electron chi connectivity index (χ1n) is 10.1. The number of rotatable bonds is 5. The Labute approximate surface area is 182 Å². The van der Waals surface area contributed by atoms with Gasteiger partial charge in [0.25, 0.3) is 5.91 Å². The second-order valence-corrected chi connectivity index (χ2v) is 7.66. The van der Waals surface area contributed by atoms with E-state index in [1.54, 1.807) is 0 Å². The predicted molar refractivity (Wildman–Crippen MR) is 128 cm³/mol. The van der Waals surface area contributed by atoms with Crippen LogP contribution in [0.4, 0.5) is 17.2 Å². The van der Waals surface area contributed by atoms with Gasteiger partial charge in [0.15, 0.2) is 0 Å². The van der Waals surface area contributed by atoms with Crippen molar-refractivity contribution in [1.29, 1.82) is 0 Å². The van der Waals surface area contributed by atoms with Crippen molar-refractivity contribution in [1.82, 2.24) is 9.97 Å². The van der Waals surface area contributed by atoms with E-state index in [-0.39, 0.29) is 5.91 Å². The molecule has 2 N–H and O–H groups in total. The van der Waals surface area contributed by atoms with Crippen LogP contribution >= 0.6 is 0 Å². The molecule has 0 aliphatic heterocycles. The van der Waals surface area contributed by atoms with Gasteiger partial charge in [-0.25, -0.2) is 4.98 Å². The van der Waals surface area contributed by atoms with Crippen molar-refractivity contribution < 1.29 is 4.79 Å². The molecular weight excluding hydrogens is 386 g/mol. The summed E-state index contributed by atoms with van der Waals surface area (Å²) in [5.41, 5.74) is 6.33. The van der Waals surface area contributed by atoms with E-state index in [1.807, 2.05) is 93.9 Å². The molecule has 4 rings (SSSR count). The summed E-state index contributed by atoms with van der Waals surface area (Å²) in [4.78, 5) is 23.8. The highest BCUT2D eigenvalue weighted by atomic mass is 16.1. The molecule has 2 aromatic carbocycles. The third kappa shape index (κ3) is 4.33. The molecule has 2 aromatic heterocycles. The lowest BCUT2D eigenvalue weighted by atomic mass is 10.00. The summed E-state index contributed by atoms with van der Waals surface area (Å²) in [6, 6.07) is 17.5. The Bertz CT molecular complexity index is 1270. The van der Waals surface area contributed by atoms with E-state index in [0.717, 1.165) is 44.8 Å². The molecule has 0 radical (unpaired) electrons. The van der Waals surface area contributed by atoms with Gasteiger partial charge in [-0.15, -0.1) is 0 Å². The van der Waals surface area contributed by atoms with Crippen LogP contribution in [0.1, 0.15) is 15.9 Å². The van der Waals surface area contributed by atoms with Gasteiger partial charge in [-0.2, -0.15) is 0 Å². The Morgan fingerprint density at radius 1 is 0.968 bits per heavy atom. The molecule has 156 valence electrons. The average Bonchev–Trinajstić information content (AvgIpc) is 2.79. The number of carbonyl (C=O) groups is 1. The van der Waals surface area contributed by atoms with Gasteiger partial charge in [0, 0.05) is 67.5 Å². The molecule has 4 aromatic rings. The third-order valence-electron chi connectivity index (χ3n) is 5.25. The number of aryl methyl sites for hydroxylation is 1. The molecule has 0 aliphatic carbocycles. The summed E-state index contributed by atoms with van der Waals surface area (Å²) in [5, 5.41) is 7.01. The molecule has 2 heterocycles. The number of aromatic nitrogens is 2. The van der Waals surface area contributed by atoms with Crippen molar-refractivity contribution in [3.63, 3.8) is 0 Å². The van der Waals surface area contributed by atoms with Crippen LogP contribution in [0.5, 0.6) is 0 Å². The molecule has 6 nitrogen and oxygen atoms in total. The number of amides is 1. The smallest absolute Gasteiger partial charge is 0.255 e. The monoisotopic (exact) mass is 411 g/mol. The van der Waals surface area contributed by atoms with E-state index in [2.05, 4.69) is 26.7 Å². The Morgan fingerprint density at radius 2 is 1.81 bits per heavy atom. The zero-order valence-corrected chi connectivity index (χ0v) is 18.1. The molecule has 6 heteroatoms. The first-order chi connectivity index (χ1) is 14.9. The van der Waals surface area contributed by atoms with Gasteiger partial charge < -0.3 is 15.5 Å². The van der Waals surface area contributed by atoms with Crippen LogP contribution in [-0.2, 0) is 0 Å².